The van der Waals surface area contributed by atoms with Gasteiger partial charge in [-0.05, 0) is 58.8 Å². The molecule has 1 aromatic rings. The van der Waals surface area contributed by atoms with Gasteiger partial charge >= 0.3 is 0 Å². The highest BCUT2D eigenvalue weighted by Gasteiger charge is 2.25. The van der Waals surface area contributed by atoms with Crippen molar-refractivity contribution in [3.05, 3.63) is 34.1 Å². The average molecular weight is 273 g/mol. The summed E-state index contributed by atoms with van der Waals surface area (Å²) in [7, 11) is 0. The molecule has 1 N–H and O–H groups in total. The van der Waals surface area contributed by atoms with Crippen molar-refractivity contribution in [2.45, 2.75) is 31.8 Å². The molecule has 1 atom stereocenters. The fourth-order valence-electron chi connectivity index (χ4n) is 1.90. The van der Waals surface area contributed by atoms with Crippen LogP contribution in [0.25, 0.3) is 0 Å². The standard InChI is InChI=1S/C12H14BrFO/c13-10-6-8(4-5-11(10)14)7-12(15)9-2-1-3-9/h4-6,9,12,15H,1-3,7H2. The molecule has 0 radical (unpaired) electrons. The summed E-state index contributed by atoms with van der Waals surface area (Å²) in [5.41, 5.74) is 0.989. The molecular weight excluding hydrogens is 259 g/mol. The zero-order chi connectivity index (χ0) is 10.8. The Morgan fingerprint density at radius 2 is 2.20 bits per heavy atom. The Bertz CT molecular complexity index is 349. The smallest absolute Gasteiger partial charge is 0.137 e. The summed E-state index contributed by atoms with van der Waals surface area (Å²) in [5.74, 6) is 0.200. The Balaban J connectivity index is 2.00. The van der Waals surface area contributed by atoms with Crippen molar-refractivity contribution in [3.63, 3.8) is 0 Å². The summed E-state index contributed by atoms with van der Waals surface area (Å²) < 4.78 is 13.4. The van der Waals surface area contributed by atoms with Crippen molar-refractivity contribution < 1.29 is 9.50 Å². The van der Waals surface area contributed by atoms with Crippen LogP contribution in [0.3, 0.4) is 0 Å². The summed E-state index contributed by atoms with van der Waals surface area (Å²) in [6.07, 6.45) is 3.85. The molecule has 3 heteroatoms. The molecular formula is C12H14BrFO. The molecule has 0 amide bonds. The van der Waals surface area contributed by atoms with Gasteiger partial charge in [-0.25, -0.2) is 4.39 Å². The minimum atomic E-state index is -0.267. The van der Waals surface area contributed by atoms with Gasteiger partial charge in [0.05, 0.1) is 10.6 Å². The molecule has 1 nitrogen and oxygen atoms in total. The number of hydrogen-bond acceptors (Lipinski definition) is 1. The number of aliphatic hydroxyl groups excluding tert-OH is 1. The third-order valence-corrected chi connectivity index (χ3v) is 3.73. The molecule has 1 saturated carbocycles. The van der Waals surface area contributed by atoms with E-state index >= 15 is 0 Å². The van der Waals surface area contributed by atoms with Gasteiger partial charge in [-0.15, -0.1) is 0 Å². The van der Waals surface area contributed by atoms with E-state index in [4.69, 9.17) is 0 Å². The topological polar surface area (TPSA) is 20.2 Å². The molecule has 1 fully saturated rings. The first kappa shape index (κ1) is 11.1. The van der Waals surface area contributed by atoms with Gasteiger partial charge in [0, 0.05) is 0 Å². The number of rotatable bonds is 3. The Hall–Kier alpha value is -0.410. The van der Waals surface area contributed by atoms with Crippen LogP contribution in [0.15, 0.2) is 22.7 Å². The van der Waals surface area contributed by atoms with Crippen molar-refractivity contribution in [3.8, 4) is 0 Å². The molecule has 0 bridgehead atoms. The van der Waals surface area contributed by atoms with E-state index < -0.39 is 0 Å². The lowest BCUT2D eigenvalue weighted by Crippen LogP contribution is -2.28. The van der Waals surface area contributed by atoms with Crippen LogP contribution in [0.1, 0.15) is 24.8 Å². The maximum absolute atomic E-state index is 13.0. The maximum Gasteiger partial charge on any atom is 0.137 e. The molecule has 1 aromatic carbocycles. The minimum Gasteiger partial charge on any atom is -0.392 e. The van der Waals surface area contributed by atoms with E-state index in [9.17, 15) is 9.50 Å². The van der Waals surface area contributed by atoms with E-state index in [1.165, 1.54) is 12.5 Å². The molecule has 15 heavy (non-hydrogen) atoms. The van der Waals surface area contributed by atoms with Crippen LogP contribution in [0.5, 0.6) is 0 Å². The summed E-state index contributed by atoms with van der Waals surface area (Å²) >= 11 is 3.15. The predicted molar refractivity (Wildman–Crippen MR) is 61.2 cm³/mol. The van der Waals surface area contributed by atoms with E-state index in [1.54, 1.807) is 12.1 Å². The second-order valence-corrected chi connectivity index (χ2v) is 5.07. The van der Waals surface area contributed by atoms with Gasteiger partial charge in [0.15, 0.2) is 0 Å². The summed E-state index contributed by atoms with van der Waals surface area (Å²) in [6, 6.07) is 4.92. The summed E-state index contributed by atoms with van der Waals surface area (Å²) in [4.78, 5) is 0. The SMILES string of the molecule is OC(Cc1ccc(F)c(Br)c1)C1CCC1. The molecule has 82 valence electrons. The summed E-state index contributed by atoms with van der Waals surface area (Å²) in [6.45, 7) is 0. The van der Waals surface area contributed by atoms with E-state index in [1.807, 2.05) is 0 Å². The molecule has 2 rings (SSSR count). The van der Waals surface area contributed by atoms with Crippen LogP contribution in [-0.4, -0.2) is 11.2 Å². The van der Waals surface area contributed by atoms with Crippen LogP contribution in [0.2, 0.25) is 0 Å². The molecule has 0 spiro atoms. The number of hydrogen-bond donors (Lipinski definition) is 1. The highest BCUT2D eigenvalue weighted by atomic mass is 79.9. The van der Waals surface area contributed by atoms with Crippen molar-refractivity contribution in [2.75, 3.05) is 0 Å². The Labute approximate surface area is 97.4 Å². The maximum atomic E-state index is 13.0. The first-order valence-corrected chi connectivity index (χ1v) is 6.08. The molecule has 0 heterocycles. The fourth-order valence-corrected chi connectivity index (χ4v) is 2.33. The lowest BCUT2D eigenvalue weighted by atomic mass is 9.79. The lowest BCUT2D eigenvalue weighted by molar-refractivity contribution is 0.0630. The van der Waals surface area contributed by atoms with Crippen LogP contribution in [0.4, 0.5) is 4.39 Å². The lowest BCUT2D eigenvalue weighted by Gasteiger charge is -2.30. The highest BCUT2D eigenvalue weighted by Crippen LogP contribution is 2.31. The van der Waals surface area contributed by atoms with E-state index in [2.05, 4.69) is 15.9 Å². The monoisotopic (exact) mass is 272 g/mol. The minimum absolute atomic E-state index is 0.253. The zero-order valence-corrected chi connectivity index (χ0v) is 10.0. The second-order valence-electron chi connectivity index (χ2n) is 4.21. The van der Waals surface area contributed by atoms with Crippen molar-refractivity contribution in [1.29, 1.82) is 0 Å². The van der Waals surface area contributed by atoms with Crippen LogP contribution >= 0.6 is 15.9 Å². The van der Waals surface area contributed by atoms with E-state index in [0.717, 1.165) is 18.4 Å². The van der Waals surface area contributed by atoms with Crippen molar-refractivity contribution in [1.82, 2.24) is 0 Å². The molecule has 1 aliphatic rings. The molecule has 0 saturated heterocycles. The Morgan fingerprint density at radius 1 is 1.47 bits per heavy atom. The molecule has 1 aliphatic carbocycles. The third-order valence-electron chi connectivity index (χ3n) is 3.12. The third kappa shape index (κ3) is 2.58. The average Bonchev–Trinajstić information content (AvgIpc) is 2.08. The summed E-state index contributed by atoms with van der Waals surface area (Å²) in [5, 5.41) is 9.87. The van der Waals surface area contributed by atoms with Gasteiger partial charge in [0.25, 0.3) is 0 Å². The first-order valence-electron chi connectivity index (χ1n) is 5.29. The number of aliphatic hydroxyl groups is 1. The predicted octanol–water partition coefficient (Wildman–Crippen LogP) is 3.29. The van der Waals surface area contributed by atoms with Gasteiger partial charge in [-0.1, -0.05) is 12.5 Å². The Morgan fingerprint density at radius 3 is 2.73 bits per heavy atom. The van der Waals surface area contributed by atoms with Gasteiger partial charge in [-0.2, -0.15) is 0 Å². The number of halogens is 2. The number of benzene rings is 1. The molecule has 1 unspecified atom stereocenters. The van der Waals surface area contributed by atoms with Crippen LogP contribution in [0, 0.1) is 11.7 Å². The quantitative estimate of drug-likeness (QED) is 0.896. The van der Waals surface area contributed by atoms with Gasteiger partial charge in [0.2, 0.25) is 0 Å². The highest BCUT2D eigenvalue weighted by molar-refractivity contribution is 9.10. The zero-order valence-electron chi connectivity index (χ0n) is 8.42. The normalized spacial score (nSPS) is 18.6. The van der Waals surface area contributed by atoms with Crippen molar-refractivity contribution in [2.24, 2.45) is 5.92 Å². The van der Waals surface area contributed by atoms with E-state index in [-0.39, 0.29) is 11.9 Å². The molecule has 0 aromatic heterocycles. The van der Waals surface area contributed by atoms with Crippen LogP contribution < -0.4 is 0 Å². The van der Waals surface area contributed by atoms with Crippen LogP contribution in [-0.2, 0) is 6.42 Å². The van der Waals surface area contributed by atoms with Gasteiger partial charge in [-0.3, -0.25) is 0 Å². The molecule has 0 aliphatic heterocycles. The fraction of sp³-hybridized carbons (Fsp3) is 0.500. The Kier molecular flexibility index (Phi) is 3.42. The van der Waals surface area contributed by atoms with Gasteiger partial charge < -0.3 is 5.11 Å². The first-order chi connectivity index (χ1) is 7.16. The van der Waals surface area contributed by atoms with Crippen molar-refractivity contribution >= 4 is 15.9 Å². The largest absolute Gasteiger partial charge is 0.392 e. The van der Waals surface area contributed by atoms with E-state index in [0.29, 0.717) is 16.8 Å². The second kappa shape index (κ2) is 4.62. The van der Waals surface area contributed by atoms with Gasteiger partial charge in [0.1, 0.15) is 5.82 Å².